The lowest BCUT2D eigenvalue weighted by Crippen LogP contribution is -2.44. The second-order valence-corrected chi connectivity index (χ2v) is 8.48. The van der Waals surface area contributed by atoms with Gasteiger partial charge in [0.05, 0.1) is 5.75 Å². The molecule has 1 aliphatic rings. The fourth-order valence-electron chi connectivity index (χ4n) is 2.82. The van der Waals surface area contributed by atoms with Crippen molar-refractivity contribution in [1.82, 2.24) is 14.5 Å². The molecule has 0 atom stereocenters. The highest BCUT2D eigenvalue weighted by Gasteiger charge is 2.30. The first kappa shape index (κ1) is 18.9. The van der Waals surface area contributed by atoms with E-state index in [1.165, 1.54) is 4.31 Å². The number of likely N-dealkylation sites (N-methyl/N-ethyl adjacent to an activating group) is 1. The van der Waals surface area contributed by atoms with Crippen LogP contribution >= 0.6 is 0 Å². The zero-order chi connectivity index (χ0) is 17.6. The van der Waals surface area contributed by atoms with E-state index in [0.29, 0.717) is 32.5 Å². The maximum absolute atomic E-state index is 12.5. The SMILES string of the molecule is CN(C)CCNC(=O)C1CCN(S(=O)(=O)Cc2ccccc2)CC1. The van der Waals surface area contributed by atoms with Gasteiger partial charge in [0.2, 0.25) is 15.9 Å². The molecule has 6 nitrogen and oxygen atoms in total. The predicted octanol–water partition coefficient (Wildman–Crippen LogP) is 0.906. The molecule has 7 heteroatoms. The van der Waals surface area contributed by atoms with E-state index in [0.717, 1.165) is 12.1 Å². The topological polar surface area (TPSA) is 69.7 Å². The maximum Gasteiger partial charge on any atom is 0.223 e. The number of rotatable bonds is 7. The fraction of sp³-hybridized carbons (Fsp3) is 0.588. The standard InChI is InChI=1S/C17H27N3O3S/c1-19(2)13-10-18-17(21)16-8-11-20(12-9-16)24(22,23)14-15-6-4-3-5-7-15/h3-7,16H,8-14H2,1-2H3,(H,18,21). The zero-order valence-corrected chi connectivity index (χ0v) is 15.3. The molecule has 1 fully saturated rings. The van der Waals surface area contributed by atoms with E-state index in [-0.39, 0.29) is 17.6 Å². The summed E-state index contributed by atoms with van der Waals surface area (Å²) in [6.07, 6.45) is 1.17. The molecular weight excluding hydrogens is 326 g/mol. The van der Waals surface area contributed by atoms with E-state index in [2.05, 4.69) is 5.32 Å². The Hall–Kier alpha value is -1.44. The molecule has 1 amide bonds. The Kier molecular flexibility index (Phi) is 6.77. The Bertz CT molecular complexity index is 624. The number of carbonyl (C=O) groups excluding carboxylic acids is 1. The van der Waals surface area contributed by atoms with E-state index < -0.39 is 10.0 Å². The minimum absolute atomic E-state index is 0.0214. The first-order valence-corrected chi connectivity index (χ1v) is 9.93. The van der Waals surface area contributed by atoms with Crippen LogP contribution in [0, 0.1) is 5.92 Å². The lowest BCUT2D eigenvalue weighted by atomic mass is 9.97. The van der Waals surface area contributed by atoms with Gasteiger partial charge in [-0.15, -0.1) is 0 Å². The molecule has 1 aromatic carbocycles. The summed E-state index contributed by atoms with van der Waals surface area (Å²) in [5, 5.41) is 2.93. The van der Waals surface area contributed by atoms with Gasteiger partial charge in [-0.2, -0.15) is 0 Å². The van der Waals surface area contributed by atoms with Crippen LogP contribution in [0.3, 0.4) is 0 Å². The minimum Gasteiger partial charge on any atom is -0.355 e. The van der Waals surface area contributed by atoms with Gasteiger partial charge in [-0.3, -0.25) is 4.79 Å². The van der Waals surface area contributed by atoms with Gasteiger partial charge in [-0.05, 0) is 32.5 Å². The third kappa shape index (κ3) is 5.58. The molecule has 1 heterocycles. The molecule has 1 N–H and O–H groups in total. The van der Waals surface area contributed by atoms with Crippen LogP contribution in [0.1, 0.15) is 18.4 Å². The smallest absolute Gasteiger partial charge is 0.223 e. The second-order valence-electron chi connectivity index (χ2n) is 6.51. The van der Waals surface area contributed by atoms with Crippen LogP contribution in [0.5, 0.6) is 0 Å². The molecule has 0 aliphatic carbocycles. The summed E-state index contributed by atoms with van der Waals surface area (Å²) in [6, 6.07) is 9.20. The Morgan fingerprint density at radius 3 is 2.42 bits per heavy atom. The Labute approximate surface area is 144 Å². The lowest BCUT2D eigenvalue weighted by molar-refractivity contribution is -0.126. The molecule has 2 rings (SSSR count). The normalized spacial score (nSPS) is 17.1. The van der Waals surface area contributed by atoms with Crippen LogP contribution in [0.25, 0.3) is 0 Å². The van der Waals surface area contributed by atoms with E-state index in [1.807, 2.05) is 49.3 Å². The molecule has 1 saturated heterocycles. The molecule has 0 saturated carbocycles. The minimum atomic E-state index is -3.32. The summed E-state index contributed by atoms with van der Waals surface area (Å²) >= 11 is 0. The van der Waals surface area contributed by atoms with Crippen molar-refractivity contribution in [2.75, 3.05) is 40.3 Å². The molecule has 1 aromatic rings. The third-order valence-corrected chi connectivity index (χ3v) is 6.12. The number of carbonyl (C=O) groups is 1. The number of sulfonamides is 1. The number of benzene rings is 1. The molecule has 0 spiro atoms. The van der Waals surface area contributed by atoms with Crippen molar-refractivity contribution in [3.63, 3.8) is 0 Å². The van der Waals surface area contributed by atoms with Gasteiger partial charge in [0, 0.05) is 32.1 Å². The molecule has 0 unspecified atom stereocenters. The first-order valence-electron chi connectivity index (χ1n) is 8.32. The van der Waals surface area contributed by atoms with Crippen molar-refractivity contribution in [3.05, 3.63) is 35.9 Å². The van der Waals surface area contributed by atoms with Gasteiger partial charge in [0.25, 0.3) is 0 Å². The summed E-state index contributed by atoms with van der Waals surface area (Å²) in [7, 11) is 0.602. The highest BCUT2D eigenvalue weighted by Crippen LogP contribution is 2.21. The van der Waals surface area contributed by atoms with Crippen molar-refractivity contribution in [2.24, 2.45) is 5.92 Å². The van der Waals surface area contributed by atoms with Crippen LogP contribution < -0.4 is 5.32 Å². The van der Waals surface area contributed by atoms with E-state index in [4.69, 9.17) is 0 Å². The van der Waals surface area contributed by atoms with Crippen LogP contribution in [-0.4, -0.2) is 63.8 Å². The Morgan fingerprint density at radius 1 is 1.21 bits per heavy atom. The van der Waals surface area contributed by atoms with Gasteiger partial charge in [0.1, 0.15) is 0 Å². The maximum atomic E-state index is 12.5. The molecule has 0 bridgehead atoms. The average Bonchev–Trinajstić information content (AvgIpc) is 2.55. The molecular formula is C17H27N3O3S. The van der Waals surface area contributed by atoms with Crippen molar-refractivity contribution in [1.29, 1.82) is 0 Å². The zero-order valence-electron chi connectivity index (χ0n) is 14.4. The van der Waals surface area contributed by atoms with Gasteiger partial charge >= 0.3 is 0 Å². The van der Waals surface area contributed by atoms with Crippen LogP contribution in [0.4, 0.5) is 0 Å². The Morgan fingerprint density at radius 2 is 1.83 bits per heavy atom. The number of amides is 1. The van der Waals surface area contributed by atoms with E-state index >= 15 is 0 Å². The monoisotopic (exact) mass is 353 g/mol. The second kappa shape index (κ2) is 8.60. The summed E-state index contributed by atoms with van der Waals surface area (Å²) in [4.78, 5) is 14.1. The largest absolute Gasteiger partial charge is 0.355 e. The van der Waals surface area contributed by atoms with Gasteiger partial charge in [-0.1, -0.05) is 30.3 Å². The predicted molar refractivity (Wildman–Crippen MR) is 94.9 cm³/mol. The lowest BCUT2D eigenvalue weighted by Gasteiger charge is -2.30. The van der Waals surface area contributed by atoms with Crippen LogP contribution in [0.15, 0.2) is 30.3 Å². The summed E-state index contributed by atoms with van der Waals surface area (Å²) < 4.78 is 26.5. The summed E-state index contributed by atoms with van der Waals surface area (Å²) in [6.45, 7) is 2.26. The van der Waals surface area contributed by atoms with Gasteiger partial charge in [0.15, 0.2) is 0 Å². The van der Waals surface area contributed by atoms with E-state index in [9.17, 15) is 13.2 Å². The highest BCUT2D eigenvalue weighted by molar-refractivity contribution is 7.88. The molecule has 24 heavy (non-hydrogen) atoms. The van der Waals surface area contributed by atoms with Gasteiger partial charge < -0.3 is 10.2 Å². The first-order chi connectivity index (χ1) is 11.4. The van der Waals surface area contributed by atoms with Crippen molar-refractivity contribution in [2.45, 2.75) is 18.6 Å². The highest BCUT2D eigenvalue weighted by atomic mass is 32.2. The van der Waals surface area contributed by atoms with Crippen LogP contribution in [0.2, 0.25) is 0 Å². The van der Waals surface area contributed by atoms with E-state index in [1.54, 1.807) is 0 Å². The number of piperidine rings is 1. The molecule has 134 valence electrons. The number of nitrogens with zero attached hydrogens (tertiary/aromatic N) is 2. The third-order valence-electron chi connectivity index (χ3n) is 4.27. The van der Waals surface area contributed by atoms with Crippen molar-refractivity contribution in [3.8, 4) is 0 Å². The van der Waals surface area contributed by atoms with Gasteiger partial charge in [-0.25, -0.2) is 12.7 Å². The number of hydrogen-bond acceptors (Lipinski definition) is 4. The number of nitrogens with one attached hydrogen (secondary N) is 1. The molecule has 0 radical (unpaired) electrons. The Balaban J connectivity index is 1.82. The summed E-state index contributed by atoms with van der Waals surface area (Å²) in [5.41, 5.74) is 0.793. The average molecular weight is 353 g/mol. The van der Waals surface area contributed by atoms with Crippen molar-refractivity contribution >= 4 is 15.9 Å². The molecule has 0 aromatic heterocycles. The fourth-order valence-corrected chi connectivity index (χ4v) is 4.38. The van der Waals surface area contributed by atoms with Crippen LogP contribution in [-0.2, 0) is 20.6 Å². The number of hydrogen-bond donors (Lipinski definition) is 1. The molecule has 1 aliphatic heterocycles. The summed E-state index contributed by atoms with van der Waals surface area (Å²) in [5.74, 6) is -0.0274. The van der Waals surface area contributed by atoms with Crippen molar-refractivity contribution < 1.29 is 13.2 Å². The quantitative estimate of drug-likeness (QED) is 0.791.